The van der Waals surface area contributed by atoms with E-state index in [1.54, 1.807) is 26.0 Å². The smallest absolute Gasteiger partial charge is 0.329 e. The summed E-state index contributed by atoms with van der Waals surface area (Å²) in [6, 6.07) is 13.7. The summed E-state index contributed by atoms with van der Waals surface area (Å²) in [5.74, 6) is -1.67. The third-order valence-electron chi connectivity index (χ3n) is 5.39. The number of hydrogen-bond donors (Lipinski definition) is 2. The molecule has 8 heteroatoms. The van der Waals surface area contributed by atoms with E-state index in [0.717, 1.165) is 24.3 Å². The van der Waals surface area contributed by atoms with Gasteiger partial charge in [-0.2, -0.15) is 0 Å². The number of nitrogens with zero attached hydrogens (tertiary/aromatic N) is 1. The average molecular weight is 454 g/mol. The lowest BCUT2D eigenvalue weighted by Gasteiger charge is -2.28. The molecule has 0 unspecified atom stereocenters. The summed E-state index contributed by atoms with van der Waals surface area (Å²) in [5.41, 5.74) is 3.17. The van der Waals surface area contributed by atoms with E-state index in [1.165, 1.54) is 0 Å². The maximum Gasteiger partial charge on any atom is 0.329 e. The molecule has 3 rings (SSSR count). The second-order valence-corrected chi connectivity index (χ2v) is 8.36. The van der Waals surface area contributed by atoms with Crippen molar-refractivity contribution in [2.75, 3.05) is 43.1 Å². The molecule has 2 N–H and O–H groups in total. The minimum absolute atomic E-state index is 0.206. The van der Waals surface area contributed by atoms with E-state index < -0.39 is 24.5 Å². The van der Waals surface area contributed by atoms with Gasteiger partial charge in [0, 0.05) is 30.0 Å². The molecule has 1 aliphatic rings. The van der Waals surface area contributed by atoms with Crippen LogP contribution < -0.4 is 15.5 Å². The molecule has 0 aliphatic carbocycles. The van der Waals surface area contributed by atoms with Gasteiger partial charge in [-0.05, 0) is 49.2 Å². The second kappa shape index (κ2) is 11.5. The molecule has 2 aromatic rings. The molecule has 0 saturated carbocycles. The highest BCUT2D eigenvalue weighted by Gasteiger charge is 2.26. The molecule has 1 saturated heterocycles. The van der Waals surface area contributed by atoms with E-state index in [0.29, 0.717) is 24.5 Å². The quantitative estimate of drug-likeness (QED) is 0.597. The highest BCUT2D eigenvalue weighted by molar-refractivity contribution is 5.97. The number of morpholine rings is 1. The van der Waals surface area contributed by atoms with Gasteiger partial charge in [0.1, 0.15) is 6.04 Å². The first kappa shape index (κ1) is 24.3. The Kier molecular flexibility index (Phi) is 8.43. The van der Waals surface area contributed by atoms with Crippen molar-refractivity contribution in [3.8, 4) is 0 Å². The molecule has 176 valence electrons. The standard InChI is InChI=1S/C25H31N3O5/c1-17(2)23(27-24(30)19-6-4-18(3)5-7-19)25(31)33-16-22(29)26-20-8-10-21(11-9-20)28-12-14-32-15-13-28/h4-11,17,23H,12-16H2,1-3H3,(H,26,29)(H,27,30)/t23-/m0/s1. The lowest BCUT2D eigenvalue weighted by molar-refractivity contribution is -0.150. The van der Waals surface area contributed by atoms with Crippen LogP contribution in [0.2, 0.25) is 0 Å². The summed E-state index contributed by atoms with van der Waals surface area (Å²) in [5, 5.41) is 5.42. The van der Waals surface area contributed by atoms with Crippen molar-refractivity contribution in [3.63, 3.8) is 0 Å². The van der Waals surface area contributed by atoms with E-state index in [-0.39, 0.29) is 11.8 Å². The number of hydrogen-bond acceptors (Lipinski definition) is 6. The average Bonchev–Trinajstić information content (AvgIpc) is 2.82. The molecule has 1 fully saturated rings. The van der Waals surface area contributed by atoms with E-state index >= 15 is 0 Å². The molecule has 1 heterocycles. The Morgan fingerprint density at radius 1 is 1.00 bits per heavy atom. The van der Waals surface area contributed by atoms with Crippen LogP contribution in [0.3, 0.4) is 0 Å². The first-order chi connectivity index (χ1) is 15.8. The molecule has 2 amide bonds. The van der Waals surface area contributed by atoms with Crippen molar-refractivity contribution >= 4 is 29.2 Å². The number of benzene rings is 2. The van der Waals surface area contributed by atoms with E-state index in [2.05, 4.69) is 15.5 Å². The van der Waals surface area contributed by atoms with Crippen LogP contribution in [0.1, 0.15) is 29.8 Å². The summed E-state index contributed by atoms with van der Waals surface area (Å²) in [6.07, 6.45) is 0. The SMILES string of the molecule is Cc1ccc(C(=O)N[C@H](C(=O)OCC(=O)Nc2ccc(N3CCOCC3)cc2)C(C)C)cc1. The van der Waals surface area contributed by atoms with E-state index in [9.17, 15) is 14.4 Å². The lowest BCUT2D eigenvalue weighted by Crippen LogP contribution is -2.45. The Bertz CT molecular complexity index is 951. The highest BCUT2D eigenvalue weighted by Crippen LogP contribution is 2.19. The number of rotatable bonds is 8. The first-order valence-corrected chi connectivity index (χ1v) is 11.1. The molecular weight excluding hydrogens is 422 g/mol. The minimum Gasteiger partial charge on any atom is -0.454 e. The Morgan fingerprint density at radius 2 is 1.64 bits per heavy atom. The minimum atomic E-state index is -0.862. The summed E-state index contributed by atoms with van der Waals surface area (Å²) >= 11 is 0. The van der Waals surface area contributed by atoms with Gasteiger partial charge in [-0.1, -0.05) is 31.5 Å². The summed E-state index contributed by atoms with van der Waals surface area (Å²) < 4.78 is 10.5. The van der Waals surface area contributed by atoms with Gasteiger partial charge in [0.05, 0.1) is 13.2 Å². The van der Waals surface area contributed by atoms with Gasteiger partial charge in [-0.15, -0.1) is 0 Å². The number of esters is 1. The second-order valence-electron chi connectivity index (χ2n) is 8.36. The number of nitrogens with one attached hydrogen (secondary N) is 2. The maximum atomic E-state index is 12.5. The maximum absolute atomic E-state index is 12.5. The first-order valence-electron chi connectivity index (χ1n) is 11.1. The molecule has 0 aromatic heterocycles. The Labute approximate surface area is 194 Å². The summed E-state index contributed by atoms with van der Waals surface area (Å²) in [4.78, 5) is 39.5. The van der Waals surface area contributed by atoms with Crippen LogP contribution in [0.15, 0.2) is 48.5 Å². The van der Waals surface area contributed by atoms with Gasteiger partial charge in [0.25, 0.3) is 11.8 Å². The van der Waals surface area contributed by atoms with Crippen LogP contribution in [0.5, 0.6) is 0 Å². The van der Waals surface area contributed by atoms with Crippen molar-refractivity contribution in [1.82, 2.24) is 5.32 Å². The zero-order valence-corrected chi connectivity index (χ0v) is 19.3. The predicted molar refractivity (Wildman–Crippen MR) is 126 cm³/mol. The van der Waals surface area contributed by atoms with Crippen molar-refractivity contribution in [2.45, 2.75) is 26.8 Å². The third kappa shape index (κ3) is 7.05. The van der Waals surface area contributed by atoms with Crippen molar-refractivity contribution in [3.05, 3.63) is 59.7 Å². The summed E-state index contributed by atoms with van der Waals surface area (Å²) in [7, 11) is 0. The fraction of sp³-hybridized carbons (Fsp3) is 0.400. The molecule has 1 aliphatic heterocycles. The molecule has 8 nitrogen and oxygen atoms in total. The highest BCUT2D eigenvalue weighted by atomic mass is 16.5. The van der Waals surface area contributed by atoms with Gasteiger partial charge in [0.15, 0.2) is 6.61 Å². The Balaban J connectivity index is 1.49. The normalized spacial score (nSPS) is 14.5. The fourth-order valence-electron chi connectivity index (χ4n) is 3.43. The van der Waals surface area contributed by atoms with E-state index in [1.807, 2.05) is 43.3 Å². The molecule has 0 spiro atoms. The van der Waals surface area contributed by atoms with Crippen molar-refractivity contribution < 1.29 is 23.9 Å². The van der Waals surface area contributed by atoms with Crippen LogP contribution in [0, 0.1) is 12.8 Å². The number of carbonyl (C=O) groups excluding carboxylic acids is 3. The van der Waals surface area contributed by atoms with Crippen LogP contribution in [-0.4, -0.2) is 56.7 Å². The monoisotopic (exact) mass is 453 g/mol. The number of anilines is 2. The van der Waals surface area contributed by atoms with Gasteiger partial charge in [0.2, 0.25) is 0 Å². The predicted octanol–water partition coefficient (Wildman–Crippen LogP) is 2.77. The van der Waals surface area contributed by atoms with Crippen molar-refractivity contribution in [1.29, 1.82) is 0 Å². The largest absolute Gasteiger partial charge is 0.454 e. The van der Waals surface area contributed by atoms with Gasteiger partial charge < -0.3 is 25.0 Å². The number of amides is 2. The van der Waals surface area contributed by atoms with Gasteiger partial charge >= 0.3 is 5.97 Å². The third-order valence-corrected chi connectivity index (χ3v) is 5.39. The van der Waals surface area contributed by atoms with E-state index in [4.69, 9.17) is 9.47 Å². The summed E-state index contributed by atoms with van der Waals surface area (Å²) in [6.45, 7) is 8.17. The molecule has 33 heavy (non-hydrogen) atoms. The molecular formula is C25H31N3O5. The zero-order valence-electron chi connectivity index (χ0n) is 19.3. The topological polar surface area (TPSA) is 97.0 Å². The Hall–Kier alpha value is -3.39. The van der Waals surface area contributed by atoms with Gasteiger partial charge in [-0.25, -0.2) is 4.79 Å². The molecule has 0 bridgehead atoms. The lowest BCUT2D eigenvalue weighted by atomic mass is 10.0. The van der Waals surface area contributed by atoms with Gasteiger partial charge in [-0.3, -0.25) is 9.59 Å². The Morgan fingerprint density at radius 3 is 2.24 bits per heavy atom. The van der Waals surface area contributed by atoms with Crippen LogP contribution in [0.25, 0.3) is 0 Å². The van der Waals surface area contributed by atoms with Crippen molar-refractivity contribution in [2.24, 2.45) is 5.92 Å². The number of aryl methyl sites for hydroxylation is 1. The number of ether oxygens (including phenoxy) is 2. The fourth-order valence-corrected chi connectivity index (χ4v) is 3.43. The molecule has 1 atom stereocenters. The van der Waals surface area contributed by atoms with Crippen LogP contribution in [-0.2, 0) is 19.1 Å². The van der Waals surface area contributed by atoms with Crippen LogP contribution >= 0.6 is 0 Å². The molecule has 2 aromatic carbocycles. The molecule has 0 radical (unpaired) electrons. The van der Waals surface area contributed by atoms with Crippen LogP contribution in [0.4, 0.5) is 11.4 Å². The number of carbonyl (C=O) groups is 3. The zero-order chi connectivity index (χ0) is 23.8.